The van der Waals surface area contributed by atoms with Crippen LogP contribution in [-0.4, -0.2) is 133 Å². The van der Waals surface area contributed by atoms with Crippen LogP contribution in [0, 0.1) is 11.3 Å². The predicted octanol–water partition coefficient (Wildman–Crippen LogP) is 4.18. The minimum atomic E-state index is -2.28. The number of methoxy groups -OCH3 is 3. The molecule has 1 unspecified atom stereocenters. The van der Waals surface area contributed by atoms with Crippen molar-refractivity contribution in [3.8, 4) is 5.75 Å². The molecule has 11 atom stereocenters. The quantitative estimate of drug-likeness (QED) is 0.178. The van der Waals surface area contributed by atoms with Crippen molar-refractivity contribution in [1.29, 1.82) is 0 Å². The summed E-state index contributed by atoms with van der Waals surface area (Å²) >= 11 is 0. The minimum Gasteiger partial charge on any atom is -0.496 e. The van der Waals surface area contributed by atoms with Gasteiger partial charge in [0.1, 0.15) is 11.7 Å². The van der Waals surface area contributed by atoms with Gasteiger partial charge >= 0.3 is 17.9 Å². The van der Waals surface area contributed by atoms with Gasteiger partial charge in [-0.2, -0.15) is 0 Å². The Hall–Kier alpha value is -4.43. The number of likely N-dealkylation sites (N-methyl/N-ethyl adjacent to an activating group) is 1. The fraction of sp³-hybridized carbons (Fsp3) is 0.587. The molecule has 2 aromatic carbocycles. The van der Waals surface area contributed by atoms with Gasteiger partial charge in [0.25, 0.3) is 0 Å². The molecule has 2 saturated heterocycles. The number of esters is 3. The number of ether oxygens (including phenoxy) is 4. The smallest absolute Gasteiger partial charge is 0.344 e. The zero-order valence-corrected chi connectivity index (χ0v) is 35.2. The average molecular weight is 811 g/mol. The second kappa shape index (κ2) is 14.1. The zero-order chi connectivity index (χ0) is 41.8. The van der Waals surface area contributed by atoms with Crippen molar-refractivity contribution < 1.29 is 43.5 Å². The molecule has 316 valence electrons. The summed E-state index contributed by atoms with van der Waals surface area (Å²) in [6, 6.07) is 11.2. The molecule has 1 saturated carbocycles. The molecule has 1 spiro atoms. The topological polar surface area (TPSA) is 154 Å². The summed E-state index contributed by atoms with van der Waals surface area (Å²) in [6.07, 6.45) is 5.66. The van der Waals surface area contributed by atoms with Gasteiger partial charge in [0.15, 0.2) is 6.10 Å². The molecule has 0 radical (unpaired) electrons. The molecule has 1 aromatic heterocycles. The number of para-hydroxylation sites is 1. The summed E-state index contributed by atoms with van der Waals surface area (Å²) < 4.78 is 23.7. The lowest BCUT2D eigenvalue weighted by molar-refractivity contribution is -0.228. The number of anilines is 1. The van der Waals surface area contributed by atoms with E-state index in [1.54, 1.807) is 7.11 Å². The van der Waals surface area contributed by atoms with Gasteiger partial charge in [0.05, 0.1) is 33.0 Å². The molecule has 13 nitrogen and oxygen atoms in total. The summed E-state index contributed by atoms with van der Waals surface area (Å²) in [5.74, 6) is -2.80. The molecule has 3 N–H and O–H groups in total. The van der Waals surface area contributed by atoms with Gasteiger partial charge in [0, 0.05) is 91.3 Å². The number of aliphatic hydroxyl groups is 2. The van der Waals surface area contributed by atoms with Crippen LogP contribution in [0.15, 0.2) is 48.6 Å². The van der Waals surface area contributed by atoms with E-state index in [1.165, 1.54) is 21.1 Å². The fourth-order valence-electron chi connectivity index (χ4n) is 13.4. The van der Waals surface area contributed by atoms with Crippen molar-refractivity contribution in [2.45, 2.75) is 99.5 Å². The van der Waals surface area contributed by atoms with Crippen LogP contribution in [0.2, 0.25) is 0 Å². The molecule has 59 heavy (non-hydrogen) atoms. The number of aromatic nitrogens is 1. The molecule has 13 heteroatoms. The van der Waals surface area contributed by atoms with Crippen molar-refractivity contribution in [1.82, 2.24) is 14.8 Å². The highest BCUT2D eigenvalue weighted by Gasteiger charge is 2.80. The molecule has 3 aromatic rings. The van der Waals surface area contributed by atoms with Crippen molar-refractivity contribution >= 4 is 34.5 Å². The molecular formula is C46H58N4O9. The van der Waals surface area contributed by atoms with Crippen molar-refractivity contribution in [3.63, 3.8) is 0 Å². The lowest BCUT2D eigenvalue weighted by atomic mass is 9.47. The molecule has 3 fully saturated rings. The summed E-state index contributed by atoms with van der Waals surface area (Å²) in [6.45, 7) is 8.60. The van der Waals surface area contributed by atoms with Gasteiger partial charge in [-0.05, 0) is 73.4 Å². The van der Waals surface area contributed by atoms with Gasteiger partial charge in [-0.15, -0.1) is 0 Å². The number of aromatic amines is 1. The summed E-state index contributed by atoms with van der Waals surface area (Å²) in [7, 11) is 6.21. The van der Waals surface area contributed by atoms with Crippen LogP contribution in [-0.2, 0) is 40.4 Å². The third-order valence-corrected chi connectivity index (χ3v) is 15.6. The van der Waals surface area contributed by atoms with E-state index >= 15 is 0 Å². The Labute approximate surface area is 345 Å². The van der Waals surface area contributed by atoms with Gasteiger partial charge in [-0.3, -0.25) is 19.4 Å². The molecule has 5 aliphatic heterocycles. The second-order valence-corrected chi connectivity index (χ2v) is 18.1. The molecule has 6 aliphatic rings. The second-order valence-electron chi connectivity index (χ2n) is 18.1. The van der Waals surface area contributed by atoms with Crippen LogP contribution in [0.3, 0.4) is 0 Å². The van der Waals surface area contributed by atoms with E-state index in [2.05, 4.69) is 39.1 Å². The molecule has 9 rings (SSSR count). The standard InChI is InChI=1S/C46H58N4O9/c1-8-43(54)23-27-24-49(25-43)19-15-29-28-13-10-11-14-32(28)47-37(29)36(38(52)57-6)35(27)30-21-31-33(22-34(30)56-5)48(4)40-45(31)17-20-50-18-12-16-44(9-2,39(45)50)41(59-26(3)51)46(40,55)42(53)58-7/h10-14,16,21-22,27,35-36,39-41,47,54-55H,8-9,15,17-20,23-25H2,1-7H3/t27-,35+,36+,39-,40+,41+,43-,44+,45+,46-/m0/s1. The van der Waals surface area contributed by atoms with Gasteiger partial charge in [-0.1, -0.05) is 44.2 Å². The molecule has 2 bridgehead atoms. The maximum absolute atomic E-state index is 14.7. The number of hydrogen-bond acceptors (Lipinski definition) is 12. The first kappa shape index (κ1) is 40.0. The number of piperidine rings is 1. The average Bonchev–Trinajstić information content (AvgIpc) is 3.89. The van der Waals surface area contributed by atoms with Crippen LogP contribution in [0.1, 0.15) is 80.7 Å². The van der Waals surface area contributed by atoms with Crippen molar-refractivity contribution in [2.24, 2.45) is 11.3 Å². The number of carbonyl (C=O) groups is 3. The SMILES string of the molecule is CC[C@]1(O)C[C@H]2CN(CCc3c([nH]c4ccccc34)[C@H](C(=O)OC)[C@H]2c2cc3c(cc2OC)N(C)[C@H]2[C@@](O)(C(=O)OC)[C@H](OC(C)=O)[C@]4(CC)C=CCN5CC[C@]32[C@@H]54)C1. The Morgan fingerprint density at radius 1 is 1.00 bits per heavy atom. The summed E-state index contributed by atoms with van der Waals surface area (Å²) in [5.41, 5.74) is 0.247. The van der Waals surface area contributed by atoms with E-state index in [9.17, 15) is 24.6 Å². The first-order valence-corrected chi connectivity index (χ1v) is 21.2. The molecule has 6 heterocycles. The number of nitrogens with one attached hydrogen (secondary N) is 1. The van der Waals surface area contributed by atoms with E-state index in [4.69, 9.17) is 18.9 Å². The van der Waals surface area contributed by atoms with Crippen LogP contribution in [0.5, 0.6) is 5.75 Å². The molecular weight excluding hydrogens is 753 g/mol. The fourth-order valence-corrected chi connectivity index (χ4v) is 13.4. The molecule has 0 amide bonds. The highest BCUT2D eigenvalue weighted by Crippen LogP contribution is 2.68. The van der Waals surface area contributed by atoms with Crippen LogP contribution >= 0.6 is 0 Å². The number of benzene rings is 2. The monoisotopic (exact) mass is 810 g/mol. The Morgan fingerprint density at radius 2 is 1.78 bits per heavy atom. The number of rotatable bonds is 7. The maximum atomic E-state index is 14.7. The maximum Gasteiger partial charge on any atom is 0.344 e. The minimum absolute atomic E-state index is 0.200. The third kappa shape index (κ3) is 5.39. The largest absolute Gasteiger partial charge is 0.496 e. The van der Waals surface area contributed by atoms with E-state index in [1.807, 2.05) is 50.1 Å². The first-order chi connectivity index (χ1) is 28.3. The normalized spacial score (nSPS) is 37.0. The van der Waals surface area contributed by atoms with Crippen LogP contribution in [0.4, 0.5) is 5.69 Å². The van der Waals surface area contributed by atoms with Crippen molar-refractivity contribution in [2.75, 3.05) is 66.0 Å². The van der Waals surface area contributed by atoms with E-state index in [0.29, 0.717) is 70.6 Å². The third-order valence-electron chi connectivity index (χ3n) is 15.6. The number of carbonyl (C=O) groups excluding carboxylic acids is 3. The van der Waals surface area contributed by atoms with Gasteiger partial charge in [-0.25, -0.2) is 4.79 Å². The number of hydrogen-bond donors (Lipinski definition) is 3. The summed E-state index contributed by atoms with van der Waals surface area (Å²) in [5, 5.41) is 26.6. The number of H-pyrrole nitrogens is 1. The Balaban J connectivity index is 1.34. The van der Waals surface area contributed by atoms with E-state index in [0.717, 1.165) is 39.0 Å². The highest BCUT2D eigenvalue weighted by atomic mass is 16.6. The number of fused-ring (bicyclic) bond motifs is 6. The Bertz CT molecular complexity index is 2240. The van der Waals surface area contributed by atoms with Crippen LogP contribution < -0.4 is 9.64 Å². The molecule has 1 aliphatic carbocycles. The highest BCUT2D eigenvalue weighted by molar-refractivity contribution is 5.90. The zero-order valence-electron chi connectivity index (χ0n) is 35.2. The van der Waals surface area contributed by atoms with Crippen LogP contribution in [0.25, 0.3) is 10.9 Å². The van der Waals surface area contributed by atoms with Gasteiger partial charge in [0.2, 0.25) is 5.60 Å². The van der Waals surface area contributed by atoms with E-state index in [-0.39, 0.29) is 17.9 Å². The Kier molecular flexibility index (Phi) is 9.54. The first-order valence-electron chi connectivity index (χ1n) is 21.2. The Morgan fingerprint density at radius 3 is 2.47 bits per heavy atom. The van der Waals surface area contributed by atoms with Gasteiger partial charge < -0.3 is 39.0 Å². The lowest BCUT2D eigenvalue weighted by Gasteiger charge is -2.63. The number of nitrogens with zero attached hydrogens (tertiary/aromatic N) is 3. The van der Waals surface area contributed by atoms with E-state index < -0.39 is 58.0 Å². The van der Waals surface area contributed by atoms with Crippen molar-refractivity contribution in [3.05, 3.63) is 70.9 Å². The summed E-state index contributed by atoms with van der Waals surface area (Å²) in [4.78, 5) is 52.5. The lowest BCUT2D eigenvalue weighted by Crippen LogP contribution is -2.81. The predicted molar refractivity (Wildman–Crippen MR) is 221 cm³/mol.